The summed E-state index contributed by atoms with van der Waals surface area (Å²) in [6.07, 6.45) is 6.77. The molecule has 2 aromatic carbocycles. The van der Waals surface area contributed by atoms with Gasteiger partial charge in [0.2, 0.25) is 5.91 Å². The SMILES string of the molecule is CC(=O)NS(=O)(=O)c1ccc(-c2ccc(C=Nn3c(C4CCCCC4)nc4ccc(Br)cc4c3=O)o2)cc1. The van der Waals surface area contributed by atoms with E-state index in [1.807, 2.05) is 16.9 Å². The Hall–Kier alpha value is -3.57. The third kappa shape index (κ3) is 5.48. The van der Waals surface area contributed by atoms with Crippen molar-refractivity contribution >= 4 is 49.0 Å². The molecule has 1 N–H and O–H groups in total. The first-order valence-electron chi connectivity index (χ1n) is 12.2. The molecule has 38 heavy (non-hydrogen) atoms. The Labute approximate surface area is 227 Å². The van der Waals surface area contributed by atoms with Crippen molar-refractivity contribution in [1.29, 1.82) is 0 Å². The summed E-state index contributed by atoms with van der Waals surface area (Å²) in [4.78, 5) is 29.4. The highest BCUT2D eigenvalue weighted by atomic mass is 79.9. The summed E-state index contributed by atoms with van der Waals surface area (Å²) < 4.78 is 34.4. The zero-order valence-electron chi connectivity index (χ0n) is 20.6. The van der Waals surface area contributed by atoms with Gasteiger partial charge in [-0.25, -0.2) is 18.1 Å². The molecular formula is C27H25BrN4O5S. The molecule has 11 heteroatoms. The number of carbonyl (C=O) groups excluding carboxylic acids is 1. The second-order valence-corrected chi connectivity index (χ2v) is 11.8. The van der Waals surface area contributed by atoms with E-state index in [0.717, 1.165) is 37.1 Å². The molecule has 196 valence electrons. The molecule has 0 unspecified atom stereocenters. The van der Waals surface area contributed by atoms with Crippen LogP contribution in [0.25, 0.3) is 22.2 Å². The molecule has 0 spiro atoms. The van der Waals surface area contributed by atoms with Gasteiger partial charge in [0, 0.05) is 22.9 Å². The highest BCUT2D eigenvalue weighted by Crippen LogP contribution is 2.32. The number of hydrogen-bond donors (Lipinski definition) is 1. The Morgan fingerprint density at radius 1 is 1.11 bits per heavy atom. The number of furan rings is 1. The predicted octanol–water partition coefficient (Wildman–Crippen LogP) is 5.17. The Morgan fingerprint density at radius 3 is 2.55 bits per heavy atom. The number of nitrogens with one attached hydrogen (secondary N) is 1. The van der Waals surface area contributed by atoms with Gasteiger partial charge in [-0.15, -0.1) is 0 Å². The molecule has 2 heterocycles. The van der Waals surface area contributed by atoms with Crippen LogP contribution in [0.1, 0.15) is 56.5 Å². The maximum atomic E-state index is 13.5. The van der Waals surface area contributed by atoms with Gasteiger partial charge in [0.15, 0.2) is 0 Å². The lowest BCUT2D eigenvalue weighted by Gasteiger charge is -2.22. The number of aromatic nitrogens is 2. The number of nitrogens with zero attached hydrogens (tertiary/aromatic N) is 3. The first-order valence-corrected chi connectivity index (χ1v) is 14.5. The molecule has 1 saturated carbocycles. The Bertz CT molecular complexity index is 1700. The smallest absolute Gasteiger partial charge is 0.282 e. The minimum Gasteiger partial charge on any atom is -0.455 e. The third-order valence-corrected chi connectivity index (χ3v) is 8.40. The monoisotopic (exact) mass is 596 g/mol. The van der Waals surface area contributed by atoms with E-state index in [0.29, 0.717) is 33.8 Å². The number of benzene rings is 2. The lowest BCUT2D eigenvalue weighted by atomic mass is 9.88. The molecular weight excluding hydrogens is 572 g/mol. The fourth-order valence-electron chi connectivity index (χ4n) is 4.64. The van der Waals surface area contributed by atoms with Crippen molar-refractivity contribution in [2.75, 3.05) is 0 Å². The van der Waals surface area contributed by atoms with E-state index in [-0.39, 0.29) is 16.4 Å². The average Bonchev–Trinajstić information content (AvgIpc) is 3.37. The highest BCUT2D eigenvalue weighted by Gasteiger charge is 2.22. The van der Waals surface area contributed by atoms with Gasteiger partial charge >= 0.3 is 0 Å². The van der Waals surface area contributed by atoms with Crippen LogP contribution in [0.5, 0.6) is 0 Å². The lowest BCUT2D eigenvalue weighted by Crippen LogP contribution is -2.28. The number of carbonyl (C=O) groups is 1. The zero-order chi connectivity index (χ0) is 26.9. The first kappa shape index (κ1) is 26.1. The summed E-state index contributed by atoms with van der Waals surface area (Å²) in [5.41, 5.74) is 1.05. The normalized spacial score (nSPS) is 14.8. The molecule has 1 fully saturated rings. The van der Waals surface area contributed by atoms with Gasteiger partial charge in [-0.2, -0.15) is 9.78 Å². The molecule has 1 amide bonds. The number of rotatable bonds is 6. The van der Waals surface area contributed by atoms with Gasteiger partial charge < -0.3 is 4.42 Å². The van der Waals surface area contributed by atoms with Crippen LogP contribution in [0.3, 0.4) is 0 Å². The molecule has 1 aliphatic rings. The molecule has 4 aromatic rings. The van der Waals surface area contributed by atoms with E-state index < -0.39 is 15.9 Å². The molecule has 2 aromatic heterocycles. The minimum absolute atomic E-state index is 0.0325. The number of sulfonamides is 1. The standard InChI is InChI=1S/C27H25BrN4O5S/c1-17(33)31-38(35,36)22-11-7-18(8-12-22)25-14-10-21(37-25)16-29-32-26(19-5-3-2-4-6-19)30-24-13-9-20(28)15-23(24)27(32)34/h7-16,19H,2-6H2,1H3,(H,31,33). The van der Waals surface area contributed by atoms with E-state index in [1.54, 1.807) is 30.3 Å². The fraction of sp³-hybridized carbons (Fsp3) is 0.259. The molecule has 5 rings (SSSR count). The van der Waals surface area contributed by atoms with Crippen molar-refractivity contribution in [2.45, 2.75) is 49.8 Å². The van der Waals surface area contributed by atoms with Crippen molar-refractivity contribution < 1.29 is 17.6 Å². The predicted molar refractivity (Wildman–Crippen MR) is 148 cm³/mol. The summed E-state index contributed by atoms with van der Waals surface area (Å²) in [5, 5.41) is 4.98. The van der Waals surface area contributed by atoms with Crippen LogP contribution in [-0.2, 0) is 14.8 Å². The molecule has 0 bridgehead atoms. The average molecular weight is 597 g/mol. The first-order chi connectivity index (χ1) is 18.2. The van der Waals surface area contributed by atoms with Crippen LogP contribution in [0.2, 0.25) is 0 Å². The highest BCUT2D eigenvalue weighted by molar-refractivity contribution is 9.10. The van der Waals surface area contributed by atoms with Crippen LogP contribution in [-0.4, -0.2) is 30.2 Å². The Morgan fingerprint density at radius 2 is 1.84 bits per heavy atom. The third-order valence-electron chi connectivity index (χ3n) is 6.46. The molecule has 9 nitrogen and oxygen atoms in total. The molecule has 0 atom stereocenters. The zero-order valence-corrected chi connectivity index (χ0v) is 23.0. The van der Waals surface area contributed by atoms with Crippen molar-refractivity contribution in [1.82, 2.24) is 14.4 Å². The summed E-state index contributed by atoms with van der Waals surface area (Å²) in [5.74, 6) is 1.06. The van der Waals surface area contributed by atoms with Gasteiger partial charge in [0.05, 0.1) is 22.0 Å². The molecule has 0 aliphatic heterocycles. The van der Waals surface area contributed by atoms with E-state index in [4.69, 9.17) is 9.40 Å². The number of hydrogen-bond acceptors (Lipinski definition) is 7. The maximum Gasteiger partial charge on any atom is 0.282 e. The quantitative estimate of drug-likeness (QED) is 0.306. The van der Waals surface area contributed by atoms with Crippen LogP contribution in [0.15, 0.2) is 78.3 Å². The lowest BCUT2D eigenvalue weighted by molar-refractivity contribution is -0.117. The van der Waals surface area contributed by atoms with Crippen molar-refractivity contribution in [2.24, 2.45) is 5.10 Å². The summed E-state index contributed by atoms with van der Waals surface area (Å²) in [6, 6.07) is 14.9. The van der Waals surface area contributed by atoms with Gasteiger partial charge in [-0.3, -0.25) is 9.59 Å². The summed E-state index contributed by atoms with van der Waals surface area (Å²) in [7, 11) is -3.92. The van der Waals surface area contributed by atoms with E-state index in [1.165, 1.54) is 29.4 Å². The Kier molecular flexibility index (Phi) is 7.31. The van der Waals surface area contributed by atoms with Crippen molar-refractivity contribution in [3.63, 3.8) is 0 Å². The van der Waals surface area contributed by atoms with E-state index in [2.05, 4.69) is 21.0 Å². The summed E-state index contributed by atoms with van der Waals surface area (Å²) in [6.45, 7) is 1.14. The number of fused-ring (bicyclic) bond motifs is 1. The van der Waals surface area contributed by atoms with E-state index in [9.17, 15) is 18.0 Å². The van der Waals surface area contributed by atoms with Crippen molar-refractivity contribution in [3.05, 3.63) is 81.0 Å². The van der Waals surface area contributed by atoms with E-state index >= 15 is 0 Å². The van der Waals surface area contributed by atoms with Gasteiger partial charge in [0.25, 0.3) is 15.6 Å². The van der Waals surface area contributed by atoms with Gasteiger partial charge in [-0.1, -0.05) is 35.2 Å². The van der Waals surface area contributed by atoms with Crippen molar-refractivity contribution in [3.8, 4) is 11.3 Å². The van der Waals surface area contributed by atoms with Gasteiger partial charge in [-0.05, 0) is 67.4 Å². The van der Waals surface area contributed by atoms with Crippen LogP contribution in [0.4, 0.5) is 0 Å². The summed E-state index contributed by atoms with van der Waals surface area (Å²) >= 11 is 3.43. The minimum atomic E-state index is -3.92. The number of amides is 1. The van der Waals surface area contributed by atoms with Crippen LogP contribution >= 0.6 is 15.9 Å². The number of halogens is 1. The fourth-order valence-corrected chi connectivity index (χ4v) is 5.99. The topological polar surface area (TPSA) is 124 Å². The second-order valence-electron chi connectivity index (χ2n) is 9.22. The van der Waals surface area contributed by atoms with Crippen LogP contribution in [0, 0.1) is 0 Å². The largest absolute Gasteiger partial charge is 0.455 e. The second kappa shape index (κ2) is 10.7. The molecule has 1 aliphatic carbocycles. The maximum absolute atomic E-state index is 13.5. The van der Waals surface area contributed by atoms with Gasteiger partial charge in [0.1, 0.15) is 17.3 Å². The molecule has 0 radical (unpaired) electrons. The molecule has 0 saturated heterocycles. The van der Waals surface area contributed by atoms with Crippen LogP contribution < -0.4 is 10.3 Å². The Balaban J connectivity index is 1.46.